The summed E-state index contributed by atoms with van der Waals surface area (Å²) in [6, 6.07) is 5.18. The number of hydrogen-bond acceptors (Lipinski definition) is 2. The van der Waals surface area contributed by atoms with Crippen molar-refractivity contribution in [2.24, 2.45) is 5.73 Å². The third-order valence-electron chi connectivity index (χ3n) is 3.21. The molecule has 0 spiro atoms. The molecule has 0 unspecified atom stereocenters. The van der Waals surface area contributed by atoms with Crippen LogP contribution in [0.4, 0.5) is 4.39 Å². The SMILES string of the molecule is NCC#Cc1cc(CN2CCCCC2)ccc1F. The number of piperidine rings is 1. The molecule has 1 aliphatic rings. The van der Waals surface area contributed by atoms with Crippen molar-refractivity contribution in [3.8, 4) is 11.8 Å². The molecule has 1 aromatic rings. The largest absolute Gasteiger partial charge is 0.320 e. The van der Waals surface area contributed by atoms with Gasteiger partial charge >= 0.3 is 0 Å². The van der Waals surface area contributed by atoms with Gasteiger partial charge in [-0.15, -0.1) is 0 Å². The van der Waals surface area contributed by atoms with Gasteiger partial charge in [0.1, 0.15) is 5.82 Å². The van der Waals surface area contributed by atoms with E-state index in [-0.39, 0.29) is 12.4 Å². The second-order valence-corrected chi connectivity index (χ2v) is 4.66. The minimum atomic E-state index is -0.265. The van der Waals surface area contributed by atoms with E-state index in [1.165, 1.54) is 25.3 Å². The van der Waals surface area contributed by atoms with Gasteiger partial charge in [-0.1, -0.05) is 24.3 Å². The Kier molecular flexibility index (Phi) is 4.74. The van der Waals surface area contributed by atoms with Crippen LogP contribution >= 0.6 is 0 Å². The highest BCUT2D eigenvalue weighted by atomic mass is 19.1. The molecule has 18 heavy (non-hydrogen) atoms. The molecule has 0 saturated carbocycles. The Balaban J connectivity index is 2.08. The van der Waals surface area contributed by atoms with Crippen molar-refractivity contribution in [3.63, 3.8) is 0 Å². The van der Waals surface area contributed by atoms with Gasteiger partial charge in [0.2, 0.25) is 0 Å². The van der Waals surface area contributed by atoms with E-state index in [2.05, 4.69) is 16.7 Å². The smallest absolute Gasteiger partial charge is 0.138 e. The fourth-order valence-corrected chi connectivity index (χ4v) is 2.29. The summed E-state index contributed by atoms with van der Waals surface area (Å²) >= 11 is 0. The monoisotopic (exact) mass is 246 g/mol. The van der Waals surface area contributed by atoms with Gasteiger partial charge in [-0.05, 0) is 43.6 Å². The molecule has 2 nitrogen and oxygen atoms in total. The molecule has 2 rings (SSSR count). The fourth-order valence-electron chi connectivity index (χ4n) is 2.29. The van der Waals surface area contributed by atoms with Gasteiger partial charge in [-0.2, -0.15) is 0 Å². The van der Waals surface area contributed by atoms with Gasteiger partial charge in [0.05, 0.1) is 12.1 Å². The summed E-state index contributed by atoms with van der Waals surface area (Å²) in [6.45, 7) is 3.43. The molecule has 1 saturated heterocycles. The lowest BCUT2D eigenvalue weighted by Crippen LogP contribution is -2.29. The quantitative estimate of drug-likeness (QED) is 0.810. The highest BCUT2D eigenvalue weighted by molar-refractivity contribution is 5.38. The first kappa shape index (κ1) is 13.1. The maximum Gasteiger partial charge on any atom is 0.138 e. The summed E-state index contributed by atoms with van der Waals surface area (Å²) in [5, 5.41) is 0. The first-order valence-electron chi connectivity index (χ1n) is 6.49. The van der Waals surface area contributed by atoms with E-state index in [9.17, 15) is 4.39 Å². The van der Waals surface area contributed by atoms with Crippen molar-refractivity contribution in [1.82, 2.24) is 4.90 Å². The summed E-state index contributed by atoms with van der Waals surface area (Å²) in [6.07, 6.45) is 3.86. The van der Waals surface area contributed by atoms with Gasteiger partial charge in [0.15, 0.2) is 0 Å². The van der Waals surface area contributed by atoms with Crippen molar-refractivity contribution >= 4 is 0 Å². The second-order valence-electron chi connectivity index (χ2n) is 4.66. The molecular weight excluding hydrogens is 227 g/mol. The summed E-state index contributed by atoms with van der Waals surface area (Å²) in [7, 11) is 0. The Morgan fingerprint density at radius 3 is 2.72 bits per heavy atom. The molecule has 1 fully saturated rings. The summed E-state index contributed by atoms with van der Waals surface area (Å²) in [5.41, 5.74) is 6.89. The number of rotatable bonds is 2. The minimum Gasteiger partial charge on any atom is -0.320 e. The molecule has 1 aromatic carbocycles. The summed E-state index contributed by atoms with van der Waals surface area (Å²) in [5.74, 6) is 5.22. The zero-order chi connectivity index (χ0) is 12.8. The van der Waals surface area contributed by atoms with Crippen LogP contribution in [0.2, 0.25) is 0 Å². The third-order valence-corrected chi connectivity index (χ3v) is 3.21. The van der Waals surface area contributed by atoms with Crippen LogP contribution in [0.3, 0.4) is 0 Å². The van der Waals surface area contributed by atoms with Crippen molar-refractivity contribution in [2.45, 2.75) is 25.8 Å². The topological polar surface area (TPSA) is 29.3 Å². The molecule has 96 valence electrons. The number of halogens is 1. The molecule has 0 atom stereocenters. The molecule has 3 heteroatoms. The molecule has 0 amide bonds. The summed E-state index contributed by atoms with van der Waals surface area (Å²) < 4.78 is 13.5. The highest BCUT2D eigenvalue weighted by Gasteiger charge is 2.11. The van der Waals surface area contributed by atoms with Gasteiger partial charge in [-0.25, -0.2) is 4.39 Å². The van der Waals surface area contributed by atoms with E-state index in [1.807, 2.05) is 12.1 Å². The second kappa shape index (κ2) is 6.53. The lowest BCUT2D eigenvalue weighted by molar-refractivity contribution is 0.221. The number of benzene rings is 1. The van der Waals surface area contributed by atoms with Crippen LogP contribution in [-0.4, -0.2) is 24.5 Å². The van der Waals surface area contributed by atoms with Crippen LogP contribution in [0.15, 0.2) is 18.2 Å². The van der Waals surface area contributed by atoms with Crippen LogP contribution in [-0.2, 0) is 6.54 Å². The van der Waals surface area contributed by atoms with E-state index in [0.29, 0.717) is 5.56 Å². The highest BCUT2D eigenvalue weighted by Crippen LogP contribution is 2.15. The maximum absolute atomic E-state index is 13.5. The summed E-state index contributed by atoms with van der Waals surface area (Å²) in [4.78, 5) is 2.41. The zero-order valence-corrected chi connectivity index (χ0v) is 10.6. The van der Waals surface area contributed by atoms with E-state index < -0.39 is 0 Å². The van der Waals surface area contributed by atoms with Crippen LogP contribution in [0.25, 0.3) is 0 Å². The Morgan fingerprint density at radius 2 is 2.00 bits per heavy atom. The van der Waals surface area contributed by atoms with Gasteiger partial charge in [-0.3, -0.25) is 4.90 Å². The molecule has 0 aliphatic carbocycles. The average Bonchev–Trinajstić information content (AvgIpc) is 2.40. The average molecular weight is 246 g/mol. The van der Waals surface area contributed by atoms with Gasteiger partial charge in [0, 0.05) is 6.54 Å². The molecular formula is C15H19FN2. The van der Waals surface area contributed by atoms with Crippen LogP contribution in [0.1, 0.15) is 30.4 Å². The molecule has 2 N–H and O–H groups in total. The fraction of sp³-hybridized carbons (Fsp3) is 0.467. The number of hydrogen-bond donors (Lipinski definition) is 1. The first-order chi connectivity index (χ1) is 8.79. The predicted octanol–water partition coefficient (Wildman–Crippen LogP) is 2.12. The van der Waals surface area contributed by atoms with E-state index in [4.69, 9.17) is 5.73 Å². The lowest BCUT2D eigenvalue weighted by Gasteiger charge is -2.26. The van der Waals surface area contributed by atoms with E-state index in [0.717, 1.165) is 25.2 Å². The predicted molar refractivity (Wildman–Crippen MR) is 71.5 cm³/mol. The van der Waals surface area contributed by atoms with Crippen molar-refractivity contribution < 1.29 is 4.39 Å². The minimum absolute atomic E-state index is 0.260. The van der Waals surface area contributed by atoms with E-state index >= 15 is 0 Å². The molecule has 1 heterocycles. The maximum atomic E-state index is 13.5. The standard InChI is InChI=1S/C15H19FN2/c16-15-7-6-13(11-14(15)5-4-8-17)12-18-9-2-1-3-10-18/h6-7,11H,1-3,8-10,12,17H2. The van der Waals surface area contributed by atoms with Crippen molar-refractivity contribution in [3.05, 3.63) is 35.1 Å². The van der Waals surface area contributed by atoms with Crippen LogP contribution < -0.4 is 5.73 Å². The van der Waals surface area contributed by atoms with Crippen molar-refractivity contribution in [2.75, 3.05) is 19.6 Å². The number of likely N-dealkylation sites (tertiary alicyclic amines) is 1. The molecule has 0 bridgehead atoms. The van der Waals surface area contributed by atoms with Crippen molar-refractivity contribution in [1.29, 1.82) is 0 Å². The molecule has 0 aromatic heterocycles. The zero-order valence-electron chi connectivity index (χ0n) is 10.6. The number of nitrogens with zero attached hydrogens (tertiary/aromatic N) is 1. The molecule has 1 aliphatic heterocycles. The molecule has 0 radical (unpaired) electrons. The third kappa shape index (κ3) is 3.56. The number of nitrogens with two attached hydrogens (primary N) is 1. The normalized spacial score (nSPS) is 16.1. The Hall–Kier alpha value is -1.37. The Bertz CT molecular complexity index is 453. The van der Waals surface area contributed by atoms with Crippen LogP contribution in [0.5, 0.6) is 0 Å². The lowest BCUT2D eigenvalue weighted by atomic mass is 10.1. The first-order valence-corrected chi connectivity index (χ1v) is 6.49. The van der Waals surface area contributed by atoms with Crippen LogP contribution in [0, 0.1) is 17.7 Å². The van der Waals surface area contributed by atoms with E-state index in [1.54, 1.807) is 0 Å². The Morgan fingerprint density at radius 1 is 1.22 bits per heavy atom. The van der Waals surface area contributed by atoms with Gasteiger partial charge < -0.3 is 5.73 Å². The van der Waals surface area contributed by atoms with Gasteiger partial charge in [0.25, 0.3) is 0 Å². The Labute approximate surface area is 108 Å².